The maximum atomic E-state index is 12.0. The van der Waals surface area contributed by atoms with E-state index in [0.29, 0.717) is 29.3 Å². The third-order valence-corrected chi connectivity index (χ3v) is 3.72. The van der Waals surface area contributed by atoms with Crippen molar-refractivity contribution in [1.29, 1.82) is 0 Å². The van der Waals surface area contributed by atoms with Crippen LogP contribution in [0.1, 0.15) is 6.92 Å². The summed E-state index contributed by atoms with van der Waals surface area (Å²) in [7, 11) is 3.08. The highest BCUT2D eigenvalue weighted by Gasteiger charge is 2.15. The van der Waals surface area contributed by atoms with E-state index in [0.717, 1.165) is 0 Å². The quantitative estimate of drug-likeness (QED) is 0.776. The van der Waals surface area contributed by atoms with Crippen LogP contribution in [0.4, 0.5) is 0 Å². The molecule has 0 bridgehead atoms. The average molecular weight is 349 g/mol. The molecule has 0 aliphatic heterocycles. The average Bonchev–Trinajstić information content (AvgIpc) is 2.56. The Morgan fingerprint density at radius 2 is 2.04 bits per heavy atom. The number of aromatic nitrogens is 2. The van der Waals surface area contributed by atoms with Gasteiger partial charge in [-0.2, -0.15) is 0 Å². The van der Waals surface area contributed by atoms with E-state index in [1.807, 2.05) is 6.92 Å². The smallest absolute Gasteiger partial charge is 0.252 e. The minimum Gasteiger partial charge on any atom is -0.497 e. The molecule has 1 aromatic carbocycles. The number of nitrogens with zero attached hydrogens (tertiary/aromatic N) is 1. The zero-order valence-electron chi connectivity index (χ0n) is 13.7. The minimum atomic E-state index is -0.347. The van der Waals surface area contributed by atoms with Crippen molar-refractivity contribution < 1.29 is 14.3 Å². The largest absolute Gasteiger partial charge is 0.497 e. The van der Waals surface area contributed by atoms with E-state index < -0.39 is 0 Å². The SMILES string of the molecule is CCNC(=O)Cn1c(-c2ccc(OC)cc2OC)cc(=O)[nH]c1=S. The van der Waals surface area contributed by atoms with Gasteiger partial charge in [0.15, 0.2) is 4.77 Å². The predicted molar refractivity (Wildman–Crippen MR) is 93.1 cm³/mol. The molecule has 2 N–H and O–H groups in total. The Labute approximate surface area is 144 Å². The van der Waals surface area contributed by atoms with Gasteiger partial charge in [0.25, 0.3) is 5.56 Å². The van der Waals surface area contributed by atoms with Gasteiger partial charge in [-0.1, -0.05) is 0 Å². The third kappa shape index (κ3) is 3.83. The van der Waals surface area contributed by atoms with Crippen LogP contribution in [0.2, 0.25) is 0 Å². The predicted octanol–water partition coefficient (Wildman–Crippen LogP) is 1.73. The maximum absolute atomic E-state index is 12.0. The summed E-state index contributed by atoms with van der Waals surface area (Å²) in [5, 5.41) is 2.71. The molecule has 0 spiro atoms. The van der Waals surface area contributed by atoms with Gasteiger partial charge < -0.3 is 19.4 Å². The lowest BCUT2D eigenvalue weighted by molar-refractivity contribution is -0.121. The van der Waals surface area contributed by atoms with Crippen LogP contribution in [0.15, 0.2) is 29.1 Å². The lowest BCUT2D eigenvalue weighted by atomic mass is 10.1. The molecule has 0 aliphatic rings. The Balaban J connectivity index is 2.63. The first kappa shape index (κ1) is 17.7. The van der Waals surface area contributed by atoms with E-state index in [1.54, 1.807) is 29.9 Å². The van der Waals surface area contributed by atoms with Crippen molar-refractivity contribution in [3.63, 3.8) is 0 Å². The van der Waals surface area contributed by atoms with Gasteiger partial charge in [-0.3, -0.25) is 14.6 Å². The molecule has 2 aromatic rings. The number of aromatic amines is 1. The minimum absolute atomic E-state index is 0.00598. The van der Waals surface area contributed by atoms with Crippen LogP contribution in [0.5, 0.6) is 11.5 Å². The fourth-order valence-electron chi connectivity index (χ4n) is 2.31. The number of ether oxygens (including phenoxy) is 2. The first-order valence-electron chi connectivity index (χ1n) is 7.33. The number of rotatable bonds is 6. The molecule has 1 heterocycles. The number of H-pyrrole nitrogens is 1. The van der Waals surface area contributed by atoms with Crippen LogP contribution in [-0.4, -0.2) is 36.2 Å². The molecule has 24 heavy (non-hydrogen) atoms. The summed E-state index contributed by atoms with van der Waals surface area (Å²) < 4.78 is 12.3. The number of carbonyl (C=O) groups is 1. The number of carbonyl (C=O) groups excluding carboxylic acids is 1. The summed E-state index contributed by atoms with van der Waals surface area (Å²) in [6.07, 6.45) is 0. The van der Waals surface area contributed by atoms with E-state index in [1.165, 1.54) is 13.2 Å². The lowest BCUT2D eigenvalue weighted by Gasteiger charge is -2.16. The van der Waals surface area contributed by atoms with Crippen LogP contribution in [0.25, 0.3) is 11.3 Å². The summed E-state index contributed by atoms with van der Waals surface area (Å²) in [5.41, 5.74) is 0.786. The molecule has 0 radical (unpaired) electrons. The van der Waals surface area contributed by atoms with Crippen LogP contribution in [0, 0.1) is 4.77 Å². The van der Waals surface area contributed by atoms with Crippen molar-refractivity contribution in [2.24, 2.45) is 0 Å². The highest BCUT2D eigenvalue weighted by Crippen LogP contribution is 2.32. The second kappa shape index (κ2) is 7.78. The molecule has 0 atom stereocenters. The molecule has 7 nitrogen and oxygen atoms in total. The van der Waals surface area contributed by atoms with Gasteiger partial charge in [-0.05, 0) is 31.3 Å². The summed E-state index contributed by atoms with van der Waals surface area (Å²) in [6, 6.07) is 6.60. The molecule has 0 fully saturated rings. The second-order valence-electron chi connectivity index (χ2n) is 4.93. The topological polar surface area (TPSA) is 85.3 Å². The van der Waals surface area contributed by atoms with Crippen molar-refractivity contribution >= 4 is 18.1 Å². The first-order chi connectivity index (χ1) is 11.5. The molecule has 1 amide bonds. The standard InChI is InChI=1S/C16H19N3O4S/c1-4-17-15(21)9-19-12(8-14(20)18-16(19)24)11-6-5-10(22-2)7-13(11)23-3/h5-8H,4,9H2,1-3H3,(H,17,21)(H,18,20,24). The zero-order chi connectivity index (χ0) is 17.7. The molecule has 1 aromatic heterocycles. The van der Waals surface area contributed by atoms with Crippen LogP contribution in [0.3, 0.4) is 0 Å². The summed E-state index contributed by atoms with van der Waals surface area (Å²) >= 11 is 5.22. The molecule has 128 valence electrons. The normalized spacial score (nSPS) is 10.3. The summed E-state index contributed by atoms with van der Waals surface area (Å²) in [6.45, 7) is 2.34. The zero-order valence-corrected chi connectivity index (χ0v) is 14.5. The van der Waals surface area contributed by atoms with Gasteiger partial charge in [-0.25, -0.2) is 0 Å². The van der Waals surface area contributed by atoms with E-state index in [4.69, 9.17) is 21.7 Å². The van der Waals surface area contributed by atoms with Gasteiger partial charge in [0.05, 0.1) is 19.9 Å². The molecule has 0 saturated carbocycles. The molecule has 0 saturated heterocycles. The molecule has 8 heteroatoms. The Morgan fingerprint density at radius 1 is 1.29 bits per heavy atom. The molecular weight excluding hydrogens is 330 g/mol. The van der Waals surface area contributed by atoms with E-state index in [-0.39, 0.29) is 22.8 Å². The van der Waals surface area contributed by atoms with E-state index in [9.17, 15) is 9.59 Å². The molecule has 0 aliphatic carbocycles. The second-order valence-corrected chi connectivity index (χ2v) is 5.32. The molecule has 2 rings (SSSR count). The number of methoxy groups -OCH3 is 2. The van der Waals surface area contributed by atoms with Crippen molar-refractivity contribution in [2.45, 2.75) is 13.5 Å². The number of hydrogen-bond donors (Lipinski definition) is 2. The molecular formula is C16H19N3O4S. The number of benzene rings is 1. The summed E-state index contributed by atoms with van der Waals surface area (Å²) in [5.74, 6) is 0.933. The van der Waals surface area contributed by atoms with Gasteiger partial charge in [0.2, 0.25) is 5.91 Å². The van der Waals surface area contributed by atoms with E-state index >= 15 is 0 Å². The van der Waals surface area contributed by atoms with E-state index in [2.05, 4.69) is 10.3 Å². The highest BCUT2D eigenvalue weighted by molar-refractivity contribution is 7.71. The monoisotopic (exact) mass is 349 g/mol. The van der Waals surface area contributed by atoms with Crippen LogP contribution in [-0.2, 0) is 11.3 Å². The lowest BCUT2D eigenvalue weighted by Crippen LogP contribution is -2.29. The first-order valence-corrected chi connectivity index (χ1v) is 7.74. The third-order valence-electron chi connectivity index (χ3n) is 3.39. The van der Waals surface area contributed by atoms with Crippen molar-refractivity contribution in [2.75, 3.05) is 20.8 Å². The Hall–Kier alpha value is -2.61. The van der Waals surface area contributed by atoms with Crippen molar-refractivity contribution in [3.05, 3.63) is 39.4 Å². The number of amides is 1. The van der Waals surface area contributed by atoms with Crippen molar-refractivity contribution in [3.8, 4) is 22.8 Å². The Bertz CT molecular complexity index is 857. The Kier molecular flexibility index (Phi) is 5.75. The fraction of sp³-hybridized carbons (Fsp3) is 0.312. The number of hydrogen-bond acceptors (Lipinski definition) is 5. The van der Waals surface area contributed by atoms with Gasteiger partial charge in [-0.15, -0.1) is 0 Å². The van der Waals surface area contributed by atoms with Crippen LogP contribution >= 0.6 is 12.2 Å². The number of likely N-dealkylation sites (N-methyl/N-ethyl adjacent to an activating group) is 1. The maximum Gasteiger partial charge on any atom is 0.252 e. The van der Waals surface area contributed by atoms with Crippen LogP contribution < -0.4 is 20.3 Å². The highest BCUT2D eigenvalue weighted by atomic mass is 32.1. The number of nitrogens with one attached hydrogen (secondary N) is 2. The van der Waals surface area contributed by atoms with Gasteiger partial charge >= 0.3 is 0 Å². The van der Waals surface area contributed by atoms with Crippen molar-refractivity contribution in [1.82, 2.24) is 14.9 Å². The molecule has 0 unspecified atom stereocenters. The van der Waals surface area contributed by atoms with Gasteiger partial charge in [0.1, 0.15) is 18.0 Å². The fourth-order valence-corrected chi connectivity index (χ4v) is 2.57. The van der Waals surface area contributed by atoms with Gasteiger partial charge in [0, 0.05) is 24.2 Å². The Morgan fingerprint density at radius 3 is 2.67 bits per heavy atom. The summed E-state index contributed by atoms with van der Waals surface area (Å²) in [4.78, 5) is 26.4.